The van der Waals surface area contributed by atoms with Gasteiger partial charge >= 0.3 is 0 Å². The third-order valence-electron chi connectivity index (χ3n) is 2.12. The molecule has 0 saturated heterocycles. The Morgan fingerprint density at radius 3 is 2.65 bits per heavy atom. The summed E-state index contributed by atoms with van der Waals surface area (Å²) in [7, 11) is 0. The van der Waals surface area contributed by atoms with E-state index in [2.05, 4.69) is 26.1 Å². The van der Waals surface area contributed by atoms with Crippen LogP contribution in [0.5, 0.6) is 0 Å². The monoisotopic (exact) mass is 295 g/mol. The minimum absolute atomic E-state index is 0.0458. The van der Waals surface area contributed by atoms with Crippen LogP contribution in [0, 0.1) is 10.1 Å². The second-order valence-corrected chi connectivity index (χ2v) is 4.08. The van der Waals surface area contributed by atoms with Crippen LogP contribution in [-0.2, 0) is 0 Å². The first-order valence-corrected chi connectivity index (χ1v) is 5.37. The van der Waals surface area contributed by atoms with Crippen LogP contribution in [0.15, 0.2) is 39.6 Å². The minimum Gasteiger partial charge on any atom is -0.268 e. The molecule has 0 aliphatic carbocycles. The number of nitro benzene ring substituents is 1. The van der Waals surface area contributed by atoms with E-state index < -0.39 is 4.92 Å². The molecule has 0 aliphatic rings. The molecule has 6 nitrogen and oxygen atoms in total. The molecule has 0 fully saturated rings. The zero-order valence-electron chi connectivity index (χ0n) is 8.38. The van der Waals surface area contributed by atoms with Crippen LogP contribution in [0.3, 0.4) is 0 Å². The third-order valence-corrected chi connectivity index (χ3v) is 2.79. The fourth-order valence-electron chi connectivity index (χ4n) is 1.32. The average molecular weight is 296 g/mol. The lowest BCUT2D eigenvalue weighted by atomic mass is 10.1. The summed E-state index contributed by atoms with van der Waals surface area (Å²) >= 11 is 3.10. The Bertz CT molecular complexity index is 618. The first-order valence-electron chi connectivity index (χ1n) is 4.58. The van der Waals surface area contributed by atoms with Crippen molar-refractivity contribution in [1.82, 2.24) is 10.2 Å². The van der Waals surface area contributed by atoms with Gasteiger partial charge in [0, 0.05) is 17.7 Å². The van der Waals surface area contributed by atoms with Gasteiger partial charge in [0.1, 0.15) is 0 Å². The molecule has 0 amide bonds. The standard InChI is InChI=1S/C10H6BrN3O3/c11-7-2-1-6(5-9(7)14(16)17)8-3-4-10(15)13-12-8/h1-5H,(H,13,15). The third kappa shape index (κ3) is 2.39. The Kier molecular flexibility index (Phi) is 3.01. The first-order chi connectivity index (χ1) is 8.08. The molecule has 2 aromatic rings. The molecule has 0 aliphatic heterocycles. The van der Waals surface area contributed by atoms with Crippen LogP contribution in [-0.4, -0.2) is 15.1 Å². The fourth-order valence-corrected chi connectivity index (χ4v) is 1.71. The predicted octanol–water partition coefficient (Wildman–Crippen LogP) is 2.11. The van der Waals surface area contributed by atoms with Gasteiger partial charge in [0.15, 0.2) is 0 Å². The predicted molar refractivity (Wildman–Crippen MR) is 64.6 cm³/mol. The Hall–Kier alpha value is -2.02. The van der Waals surface area contributed by atoms with Gasteiger partial charge in [0.25, 0.3) is 11.2 Å². The number of aromatic amines is 1. The molecule has 2 rings (SSSR count). The molecule has 0 spiro atoms. The summed E-state index contributed by atoms with van der Waals surface area (Å²) in [4.78, 5) is 21.1. The van der Waals surface area contributed by atoms with Crippen molar-refractivity contribution in [3.63, 3.8) is 0 Å². The maximum atomic E-state index is 10.8. The molecule has 7 heteroatoms. The van der Waals surface area contributed by atoms with Crippen LogP contribution < -0.4 is 5.56 Å². The quantitative estimate of drug-likeness (QED) is 0.679. The lowest BCUT2D eigenvalue weighted by Crippen LogP contribution is -2.05. The van der Waals surface area contributed by atoms with E-state index in [0.717, 1.165) is 0 Å². The molecular formula is C10H6BrN3O3. The second-order valence-electron chi connectivity index (χ2n) is 3.23. The number of rotatable bonds is 2. The van der Waals surface area contributed by atoms with Crippen LogP contribution in [0.2, 0.25) is 0 Å². The number of nitro groups is 1. The molecule has 86 valence electrons. The van der Waals surface area contributed by atoms with Gasteiger partial charge in [-0.25, -0.2) is 5.10 Å². The first kappa shape index (κ1) is 11.5. The lowest BCUT2D eigenvalue weighted by Gasteiger charge is -2.01. The molecule has 0 unspecified atom stereocenters. The molecule has 1 N–H and O–H groups in total. The highest BCUT2D eigenvalue weighted by atomic mass is 79.9. The lowest BCUT2D eigenvalue weighted by molar-refractivity contribution is -0.385. The Balaban J connectivity index is 2.53. The number of hydrogen-bond acceptors (Lipinski definition) is 4. The summed E-state index contributed by atoms with van der Waals surface area (Å²) < 4.78 is 0.399. The largest absolute Gasteiger partial charge is 0.284 e. The van der Waals surface area contributed by atoms with E-state index in [1.807, 2.05) is 0 Å². The van der Waals surface area contributed by atoms with E-state index in [9.17, 15) is 14.9 Å². The zero-order chi connectivity index (χ0) is 12.4. The van der Waals surface area contributed by atoms with E-state index in [1.165, 1.54) is 18.2 Å². The number of halogens is 1. The zero-order valence-corrected chi connectivity index (χ0v) is 9.97. The summed E-state index contributed by atoms with van der Waals surface area (Å²) in [5, 5.41) is 16.8. The van der Waals surface area contributed by atoms with Gasteiger partial charge in [-0.1, -0.05) is 6.07 Å². The molecule has 1 heterocycles. The molecular weight excluding hydrogens is 290 g/mol. The number of hydrogen-bond donors (Lipinski definition) is 1. The van der Waals surface area contributed by atoms with Crippen LogP contribution in [0.4, 0.5) is 5.69 Å². The highest BCUT2D eigenvalue weighted by Crippen LogP contribution is 2.29. The van der Waals surface area contributed by atoms with Crippen LogP contribution >= 0.6 is 15.9 Å². The Morgan fingerprint density at radius 1 is 1.29 bits per heavy atom. The normalized spacial score (nSPS) is 10.2. The highest BCUT2D eigenvalue weighted by Gasteiger charge is 2.13. The number of nitrogens with zero attached hydrogens (tertiary/aromatic N) is 2. The van der Waals surface area contributed by atoms with Crippen molar-refractivity contribution in [2.24, 2.45) is 0 Å². The van der Waals surface area contributed by atoms with Crippen molar-refractivity contribution in [3.05, 3.63) is 55.3 Å². The van der Waals surface area contributed by atoms with Gasteiger partial charge in [0.05, 0.1) is 15.1 Å². The second kappa shape index (κ2) is 4.46. The molecule has 1 aromatic carbocycles. The van der Waals surface area contributed by atoms with Gasteiger partial charge in [-0.05, 0) is 28.1 Å². The number of nitrogens with one attached hydrogen (secondary N) is 1. The average Bonchev–Trinajstić information content (AvgIpc) is 2.30. The van der Waals surface area contributed by atoms with E-state index in [0.29, 0.717) is 15.7 Å². The number of benzene rings is 1. The summed E-state index contributed by atoms with van der Waals surface area (Å²) in [6.45, 7) is 0. The van der Waals surface area contributed by atoms with Gasteiger partial charge in [-0.3, -0.25) is 14.9 Å². The number of aromatic nitrogens is 2. The van der Waals surface area contributed by atoms with Crippen molar-refractivity contribution in [2.45, 2.75) is 0 Å². The smallest absolute Gasteiger partial charge is 0.268 e. The molecule has 1 aromatic heterocycles. The SMILES string of the molecule is O=c1ccc(-c2ccc(Br)c([N+](=O)[O-])c2)n[nH]1. The Morgan fingerprint density at radius 2 is 2.06 bits per heavy atom. The molecule has 0 bridgehead atoms. The summed E-state index contributed by atoms with van der Waals surface area (Å²) in [5.41, 5.74) is 0.673. The van der Waals surface area contributed by atoms with E-state index >= 15 is 0 Å². The maximum Gasteiger partial charge on any atom is 0.284 e. The molecule has 17 heavy (non-hydrogen) atoms. The van der Waals surface area contributed by atoms with Crippen molar-refractivity contribution in [2.75, 3.05) is 0 Å². The van der Waals surface area contributed by atoms with Crippen molar-refractivity contribution < 1.29 is 4.92 Å². The molecule has 0 atom stereocenters. The summed E-state index contributed by atoms with van der Waals surface area (Å²) in [5.74, 6) is 0. The van der Waals surface area contributed by atoms with Gasteiger partial charge < -0.3 is 0 Å². The highest BCUT2D eigenvalue weighted by molar-refractivity contribution is 9.10. The van der Waals surface area contributed by atoms with Crippen molar-refractivity contribution in [1.29, 1.82) is 0 Å². The summed E-state index contributed by atoms with van der Waals surface area (Å²) in [6.07, 6.45) is 0. The van der Waals surface area contributed by atoms with E-state index in [4.69, 9.17) is 0 Å². The van der Waals surface area contributed by atoms with Gasteiger partial charge in [0.2, 0.25) is 0 Å². The van der Waals surface area contributed by atoms with Gasteiger partial charge in [-0.15, -0.1) is 0 Å². The van der Waals surface area contributed by atoms with Crippen LogP contribution in [0.25, 0.3) is 11.3 Å². The number of H-pyrrole nitrogens is 1. The summed E-state index contributed by atoms with van der Waals surface area (Å²) in [6, 6.07) is 7.46. The topological polar surface area (TPSA) is 88.9 Å². The van der Waals surface area contributed by atoms with Crippen molar-refractivity contribution in [3.8, 4) is 11.3 Å². The minimum atomic E-state index is -0.487. The Labute approximate surface area is 104 Å². The maximum absolute atomic E-state index is 10.8. The van der Waals surface area contributed by atoms with Gasteiger partial charge in [-0.2, -0.15) is 5.10 Å². The van der Waals surface area contributed by atoms with Crippen LogP contribution in [0.1, 0.15) is 0 Å². The molecule has 0 saturated carbocycles. The van der Waals surface area contributed by atoms with E-state index in [1.54, 1.807) is 12.1 Å². The molecule has 0 radical (unpaired) electrons. The van der Waals surface area contributed by atoms with E-state index in [-0.39, 0.29) is 11.2 Å². The fraction of sp³-hybridized carbons (Fsp3) is 0. The van der Waals surface area contributed by atoms with Crippen molar-refractivity contribution >= 4 is 21.6 Å².